The molecular weight excluding hydrogens is 398 g/mol. The number of nitrogens with zero attached hydrogens (tertiary/aromatic N) is 2. The van der Waals surface area contributed by atoms with Crippen LogP contribution in [-0.4, -0.2) is 39.8 Å². The number of nitrogens with one attached hydrogen (secondary N) is 3. The summed E-state index contributed by atoms with van der Waals surface area (Å²) in [6, 6.07) is 7.25. The summed E-state index contributed by atoms with van der Waals surface area (Å²) in [5, 5.41) is 12.9. The second-order valence-corrected chi connectivity index (χ2v) is 6.93. The summed E-state index contributed by atoms with van der Waals surface area (Å²) in [5.41, 5.74) is -0.535. The molecular formula is C18H13N5O5S. The first-order valence-corrected chi connectivity index (χ1v) is 9.41. The molecule has 146 valence electrons. The highest BCUT2D eigenvalue weighted by Crippen LogP contribution is 2.35. The summed E-state index contributed by atoms with van der Waals surface area (Å²) < 4.78 is 11.1. The van der Waals surface area contributed by atoms with Crippen molar-refractivity contribution < 1.29 is 14.3 Å². The van der Waals surface area contributed by atoms with Crippen molar-refractivity contribution in [3.8, 4) is 17.6 Å². The summed E-state index contributed by atoms with van der Waals surface area (Å²) in [5.74, 6) is 0.601. The Labute approximate surface area is 166 Å². The number of nitriles is 1. The molecule has 0 unspecified atom stereocenters. The van der Waals surface area contributed by atoms with Gasteiger partial charge in [-0.1, -0.05) is 11.8 Å². The summed E-state index contributed by atoms with van der Waals surface area (Å²) >= 11 is 1.06. The fourth-order valence-corrected chi connectivity index (χ4v) is 3.47. The zero-order valence-corrected chi connectivity index (χ0v) is 15.6. The zero-order chi connectivity index (χ0) is 20.4. The van der Waals surface area contributed by atoms with Crippen molar-refractivity contribution in [3.05, 3.63) is 50.8 Å². The molecule has 29 heavy (non-hydrogen) atoms. The molecule has 0 saturated carbocycles. The number of fused-ring (bicyclic) bond motifs is 2. The van der Waals surface area contributed by atoms with Crippen LogP contribution in [0.4, 0.5) is 5.69 Å². The fraction of sp³-hybridized carbons (Fsp3) is 0.167. The maximum absolute atomic E-state index is 12.2. The lowest BCUT2D eigenvalue weighted by Gasteiger charge is -2.18. The molecule has 0 spiro atoms. The molecule has 0 atom stereocenters. The Morgan fingerprint density at radius 2 is 2.00 bits per heavy atom. The number of hydrogen-bond acceptors (Lipinski definition) is 8. The van der Waals surface area contributed by atoms with E-state index in [4.69, 9.17) is 9.47 Å². The van der Waals surface area contributed by atoms with E-state index in [1.807, 2.05) is 4.98 Å². The second-order valence-electron chi connectivity index (χ2n) is 5.96. The highest BCUT2D eigenvalue weighted by Gasteiger charge is 2.16. The average molecular weight is 411 g/mol. The molecule has 3 aromatic rings. The van der Waals surface area contributed by atoms with E-state index in [0.29, 0.717) is 40.8 Å². The molecule has 2 aromatic heterocycles. The summed E-state index contributed by atoms with van der Waals surface area (Å²) in [6.07, 6.45) is 1.12. The molecule has 0 fully saturated rings. The third kappa shape index (κ3) is 3.92. The van der Waals surface area contributed by atoms with Crippen molar-refractivity contribution in [3.63, 3.8) is 0 Å². The largest absolute Gasteiger partial charge is 0.486 e. The van der Waals surface area contributed by atoms with Gasteiger partial charge in [0.2, 0.25) is 5.91 Å². The van der Waals surface area contributed by atoms with E-state index in [1.54, 1.807) is 18.2 Å². The molecule has 1 amide bonds. The van der Waals surface area contributed by atoms with E-state index in [1.165, 1.54) is 0 Å². The number of H-pyrrole nitrogens is 2. The van der Waals surface area contributed by atoms with Crippen LogP contribution in [0.5, 0.6) is 11.5 Å². The predicted octanol–water partition coefficient (Wildman–Crippen LogP) is 0.985. The van der Waals surface area contributed by atoms with Gasteiger partial charge in [0.05, 0.1) is 16.8 Å². The number of amides is 1. The van der Waals surface area contributed by atoms with Crippen molar-refractivity contribution in [2.45, 2.75) is 5.03 Å². The lowest BCUT2D eigenvalue weighted by atomic mass is 10.1. The molecule has 3 N–H and O–H groups in total. The standard InChI is InChI=1S/C18H13N5O5S/c19-6-10-3-9-4-13-14(28-2-1-27-13)5-11(9)22-17(10)29-8-15(24)21-12-7-20-18(26)23-16(12)25/h3-5,7H,1-2,8H2,(H,21,24)(H2,20,23,25,26). The molecule has 0 bridgehead atoms. The van der Waals surface area contributed by atoms with Crippen molar-refractivity contribution >= 4 is 34.3 Å². The number of anilines is 1. The van der Waals surface area contributed by atoms with Crippen molar-refractivity contribution in [1.82, 2.24) is 15.0 Å². The Hall–Kier alpha value is -3.78. The van der Waals surface area contributed by atoms with E-state index in [2.05, 4.69) is 21.4 Å². The van der Waals surface area contributed by atoms with Gasteiger partial charge in [0.15, 0.2) is 11.5 Å². The number of aromatic nitrogens is 3. The van der Waals surface area contributed by atoms with E-state index < -0.39 is 17.2 Å². The van der Waals surface area contributed by atoms with Crippen LogP contribution in [-0.2, 0) is 4.79 Å². The van der Waals surface area contributed by atoms with E-state index in [-0.39, 0.29) is 11.4 Å². The second kappa shape index (κ2) is 7.69. The smallest absolute Gasteiger partial charge is 0.325 e. The van der Waals surface area contributed by atoms with Crippen LogP contribution in [0.15, 0.2) is 39.0 Å². The van der Waals surface area contributed by atoms with Crippen LogP contribution in [0.2, 0.25) is 0 Å². The SMILES string of the molecule is N#Cc1cc2cc3c(cc2nc1SCC(=O)Nc1c[nH]c(=O)[nH]c1=O)OCCO3. The average Bonchev–Trinajstić information content (AvgIpc) is 2.72. The molecule has 0 radical (unpaired) electrons. The Bertz CT molecular complexity index is 1280. The van der Waals surface area contributed by atoms with Crippen LogP contribution in [0.3, 0.4) is 0 Å². The zero-order valence-electron chi connectivity index (χ0n) is 14.8. The maximum Gasteiger partial charge on any atom is 0.325 e. The molecule has 4 rings (SSSR count). The number of thioether (sulfide) groups is 1. The lowest BCUT2D eigenvalue weighted by Crippen LogP contribution is -2.27. The molecule has 1 aromatic carbocycles. The molecule has 3 heterocycles. The van der Waals surface area contributed by atoms with Gasteiger partial charge in [-0.25, -0.2) is 9.78 Å². The predicted molar refractivity (Wildman–Crippen MR) is 104 cm³/mol. The van der Waals surface area contributed by atoms with Gasteiger partial charge in [0.1, 0.15) is 30.0 Å². The number of benzene rings is 1. The summed E-state index contributed by atoms with van der Waals surface area (Å²) in [6.45, 7) is 0.901. The first kappa shape index (κ1) is 18.6. The third-order valence-corrected chi connectivity index (χ3v) is 4.99. The minimum Gasteiger partial charge on any atom is -0.486 e. The third-order valence-electron chi connectivity index (χ3n) is 4.00. The Balaban J connectivity index is 1.55. The molecule has 0 saturated heterocycles. The van der Waals surface area contributed by atoms with Crippen molar-refractivity contribution in [2.75, 3.05) is 24.3 Å². The number of ether oxygens (including phenoxy) is 2. The van der Waals surface area contributed by atoms with Gasteiger partial charge in [0.25, 0.3) is 5.56 Å². The first-order chi connectivity index (χ1) is 14.0. The number of hydrogen-bond donors (Lipinski definition) is 3. The van der Waals surface area contributed by atoms with Gasteiger partial charge < -0.3 is 19.8 Å². The minimum atomic E-state index is -0.708. The van der Waals surface area contributed by atoms with Crippen LogP contribution in [0, 0.1) is 11.3 Å². The fourth-order valence-electron chi connectivity index (χ4n) is 2.71. The Kier molecular flexibility index (Phi) is 4.92. The number of carbonyl (C=O) groups excluding carboxylic acids is 1. The molecule has 10 nitrogen and oxygen atoms in total. The monoisotopic (exact) mass is 411 g/mol. The number of carbonyl (C=O) groups is 1. The number of aromatic amines is 2. The van der Waals surface area contributed by atoms with Gasteiger partial charge in [-0.3, -0.25) is 14.6 Å². The van der Waals surface area contributed by atoms with Gasteiger partial charge >= 0.3 is 5.69 Å². The number of pyridine rings is 1. The van der Waals surface area contributed by atoms with Crippen LogP contribution < -0.4 is 26.0 Å². The molecule has 11 heteroatoms. The van der Waals surface area contributed by atoms with Gasteiger partial charge in [-0.2, -0.15) is 5.26 Å². The Morgan fingerprint density at radius 1 is 1.24 bits per heavy atom. The van der Waals surface area contributed by atoms with Gasteiger partial charge in [-0.15, -0.1) is 0 Å². The van der Waals surface area contributed by atoms with Gasteiger partial charge in [0, 0.05) is 17.6 Å². The van der Waals surface area contributed by atoms with E-state index >= 15 is 0 Å². The van der Waals surface area contributed by atoms with Crippen molar-refractivity contribution in [1.29, 1.82) is 5.26 Å². The normalized spacial score (nSPS) is 12.4. The van der Waals surface area contributed by atoms with E-state index in [0.717, 1.165) is 23.3 Å². The van der Waals surface area contributed by atoms with E-state index in [9.17, 15) is 19.6 Å². The lowest BCUT2D eigenvalue weighted by molar-refractivity contribution is -0.113. The molecule has 1 aliphatic rings. The first-order valence-electron chi connectivity index (χ1n) is 8.42. The quantitative estimate of drug-likeness (QED) is 0.538. The van der Waals surface area contributed by atoms with Crippen LogP contribution >= 0.6 is 11.8 Å². The summed E-state index contributed by atoms with van der Waals surface area (Å²) in [4.78, 5) is 43.6. The van der Waals surface area contributed by atoms with Crippen LogP contribution in [0.25, 0.3) is 10.9 Å². The highest BCUT2D eigenvalue weighted by atomic mass is 32.2. The molecule has 1 aliphatic heterocycles. The Morgan fingerprint density at radius 3 is 2.72 bits per heavy atom. The van der Waals surface area contributed by atoms with Crippen LogP contribution in [0.1, 0.15) is 5.56 Å². The maximum atomic E-state index is 12.2. The van der Waals surface area contributed by atoms with Gasteiger partial charge in [-0.05, 0) is 12.1 Å². The highest BCUT2D eigenvalue weighted by molar-refractivity contribution is 8.00. The minimum absolute atomic E-state index is 0.0778. The number of rotatable bonds is 4. The topological polar surface area (TPSA) is 150 Å². The summed E-state index contributed by atoms with van der Waals surface area (Å²) in [7, 11) is 0. The van der Waals surface area contributed by atoms with Crippen molar-refractivity contribution in [2.24, 2.45) is 0 Å². The molecule has 0 aliphatic carbocycles.